The summed E-state index contributed by atoms with van der Waals surface area (Å²) in [4.78, 5) is 4.38. The number of fused-ring (bicyclic) bond motifs is 1. The quantitative estimate of drug-likeness (QED) is 0.931. The smallest absolute Gasteiger partial charge is 0.326 e. The van der Waals surface area contributed by atoms with Crippen LogP contribution >= 0.6 is 0 Å². The molecule has 0 saturated heterocycles. The van der Waals surface area contributed by atoms with Crippen molar-refractivity contribution in [2.75, 3.05) is 0 Å². The third kappa shape index (κ3) is 2.64. The molecule has 1 aromatic carbocycles. The van der Waals surface area contributed by atoms with Crippen molar-refractivity contribution in [1.82, 2.24) is 9.55 Å². The fourth-order valence-corrected chi connectivity index (χ4v) is 2.64. The number of nitrogens with two attached hydrogens (primary N) is 1. The Hall–Kier alpha value is -1.56. The van der Waals surface area contributed by atoms with E-state index in [0.717, 1.165) is 18.9 Å². The number of hydrogen-bond donors (Lipinski definition) is 1. The van der Waals surface area contributed by atoms with Gasteiger partial charge in [0.25, 0.3) is 0 Å². The Morgan fingerprint density at radius 3 is 2.67 bits per heavy atom. The molecule has 114 valence electrons. The van der Waals surface area contributed by atoms with Gasteiger partial charge in [-0.25, -0.2) is 4.98 Å². The highest BCUT2D eigenvalue weighted by molar-refractivity contribution is 5.80. The van der Waals surface area contributed by atoms with Crippen LogP contribution < -0.4 is 5.73 Å². The number of hydrogen-bond acceptors (Lipinski definition) is 2. The highest BCUT2D eigenvalue weighted by atomic mass is 19.4. The Bertz CT molecular complexity index is 656. The van der Waals surface area contributed by atoms with Gasteiger partial charge in [0, 0.05) is 6.54 Å². The molecule has 21 heavy (non-hydrogen) atoms. The first-order valence-electron chi connectivity index (χ1n) is 7.23. The van der Waals surface area contributed by atoms with E-state index in [9.17, 15) is 13.2 Å². The molecule has 1 heterocycles. The molecule has 1 unspecified atom stereocenters. The average Bonchev–Trinajstić information content (AvgIpc) is 3.17. The van der Waals surface area contributed by atoms with Crippen LogP contribution in [0.1, 0.15) is 43.6 Å². The summed E-state index contributed by atoms with van der Waals surface area (Å²) in [7, 11) is 0. The minimum Gasteiger partial charge on any atom is -0.326 e. The number of benzene rings is 1. The minimum absolute atomic E-state index is 0.177. The average molecular weight is 297 g/mol. The topological polar surface area (TPSA) is 43.8 Å². The molecule has 6 heteroatoms. The van der Waals surface area contributed by atoms with Gasteiger partial charge >= 0.3 is 6.18 Å². The molecule has 2 aromatic rings. The van der Waals surface area contributed by atoms with Crippen LogP contribution in [0.15, 0.2) is 18.2 Å². The number of para-hydroxylation sites is 1. The molecule has 3 rings (SSSR count). The normalized spacial score (nSPS) is 17.4. The number of aromatic nitrogens is 2. The number of rotatable bonds is 4. The number of imidazole rings is 1. The number of nitrogens with zero attached hydrogens (tertiary/aromatic N) is 2. The molecule has 0 bridgehead atoms. The van der Waals surface area contributed by atoms with Crippen molar-refractivity contribution in [3.05, 3.63) is 29.6 Å². The zero-order valence-electron chi connectivity index (χ0n) is 11.8. The summed E-state index contributed by atoms with van der Waals surface area (Å²) in [5.74, 6) is 1.02. The van der Waals surface area contributed by atoms with Crippen molar-refractivity contribution in [2.45, 2.75) is 44.9 Å². The van der Waals surface area contributed by atoms with Crippen LogP contribution in [0.25, 0.3) is 11.0 Å². The molecule has 0 spiro atoms. The predicted molar refractivity (Wildman–Crippen MR) is 74.7 cm³/mol. The molecule has 0 aliphatic heterocycles. The summed E-state index contributed by atoms with van der Waals surface area (Å²) < 4.78 is 41.5. The van der Waals surface area contributed by atoms with E-state index in [4.69, 9.17) is 5.73 Å². The third-order valence-electron chi connectivity index (χ3n) is 4.01. The molecule has 0 amide bonds. The van der Waals surface area contributed by atoms with Crippen LogP contribution in [0, 0.1) is 5.92 Å². The molecule has 1 aromatic heterocycles. The van der Waals surface area contributed by atoms with Gasteiger partial charge in [-0.3, -0.25) is 0 Å². The molecule has 2 N–H and O–H groups in total. The highest BCUT2D eigenvalue weighted by Crippen LogP contribution is 2.38. The van der Waals surface area contributed by atoms with Gasteiger partial charge in [-0.1, -0.05) is 13.0 Å². The van der Waals surface area contributed by atoms with Crippen LogP contribution in [0.4, 0.5) is 13.2 Å². The molecule has 3 nitrogen and oxygen atoms in total. The van der Waals surface area contributed by atoms with Gasteiger partial charge in [0.1, 0.15) is 5.82 Å². The van der Waals surface area contributed by atoms with Gasteiger partial charge in [-0.2, -0.15) is 13.2 Å². The standard InChI is InChI=1S/C15H18F3N3/c1-2-11(19)14-20-12-5-3-4-10(15(16,17)18)13(12)21(14)8-9-6-7-9/h3-5,9,11H,2,6-8,19H2,1H3. The van der Waals surface area contributed by atoms with E-state index >= 15 is 0 Å². The van der Waals surface area contributed by atoms with E-state index in [2.05, 4.69) is 4.98 Å². The van der Waals surface area contributed by atoms with E-state index in [1.807, 2.05) is 6.92 Å². The SMILES string of the molecule is CCC(N)c1nc2cccc(C(F)(F)F)c2n1CC1CC1. The third-order valence-corrected chi connectivity index (χ3v) is 4.01. The van der Waals surface area contributed by atoms with Gasteiger partial charge < -0.3 is 10.3 Å². The van der Waals surface area contributed by atoms with Crippen molar-refractivity contribution in [2.24, 2.45) is 11.7 Å². The number of halogens is 3. The van der Waals surface area contributed by atoms with Crippen molar-refractivity contribution >= 4 is 11.0 Å². The lowest BCUT2D eigenvalue weighted by Gasteiger charge is -2.15. The summed E-state index contributed by atoms with van der Waals surface area (Å²) in [5, 5.41) is 0. The van der Waals surface area contributed by atoms with Gasteiger partial charge in [0.2, 0.25) is 0 Å². The lowest BCUT2D eigenvalue weighted by molar-refractivity contribution is -0.136. The van der Waals surface area contributed by atoms with Crippen LogP contribution in [0.5, 0.6) is 0 Å². The van der Waals surface area contributed by atoms with Gasteiger partial charge in [-0.05, 0) is 37.3 Å². The molecule has 1 atom stereocenters. The summed E-state index contributed by atoms with van der Waals surface area (Å²) in [6, 6.07) is 3.81. The zero-order valence-corrected chi connectivity index (χ0v) is 11.8. The lowest BCUT2D eigenvalue weighted by atomic mass is 10.1. The molecule has 1 saturated carbocycles. The molecule has 1 fully saturated rings. The van der Waals surface area contributed by atoms with E-state index in [1.165, 1.54) is 6.07 Å². The first-order chi connectivity index (χ1) is 9.91. The Morgan fingerprint density at radius 1 is 1.38 bits per heavy atom. The molecule has 0 radical (unpaired) electrons. The Kier molecular flexibility index (Phi) is 3.43. The molecular formula is C15H18F3N3. The largest absolute Gasteiger partial charge is 0.418 e. The maximum absolute atomic E-state index is 13.3. The van der Waals surface area contributed by atoms with E-state index in [-0.39, 0.29) is 11.6 Å². The van der Waals surface area contributed by atoms with Gasteiger partial charge in [-0.15, -0.1) is 0 Å². The van der Waals surface area contributed by atoms with E-state index in [0.29, 0.717) is 30.2 Å². The van der Waals surface area contributed by atoms with E-state index in [1.54, 1.807) is 10.6 Å². The fraction of sp³-hybridized carbons (Fsp3) is 0.533. The first kappa shape index (κ1) is 14.4. The summed E-state index contributed by atoms with van der Waals surface area (Å²) in [5.41, 5.74) is 5.98. The highest BCUT2D eigenvalue weighted by Gasteiger charge is 2.36. The summed E-state index contributed by atoms with van der Waals surface area (Å²) in [6.07, 6.45) is -1.60. The molecular weight excluding hydrogens is 279 g/mol. The maximum atomic E-state index is 13.3. The Balaban J connectivity index is 2.23. The summed E-state index contributed by atoms with van der Waals surface area (Å²) in [6.45, 7) is 2.49. The van der Waals surface area contributed by atoms with Gasteiger partial charge in [0.15, 0.2) is 0 Å². The first-order valence-corrected chi connectivity index (χ1v) is 7.23. The van der Waals surface area contributed by atoms with Crippen LogP contribution in [0.3, 0.4) is 0 Å². The Labute approximate surface area is 121 Å². The van der Waals surface area contributed by atoms with Crippen molar-refractivity contribution in [3.63, 3.8) is 0 Å². The zero-order chi connectivity index (χ0) is 15.2. The van der Waals surface area contributed by atoms with Gasteiger partial charge in [0.05, 0.1) is 22.6 Å². The minimum atomic E-state index is -4.38. The summed E-state index contributed by atoms with van der Waals surface area (Å²) >= 11 is 0. The Morgan fingerprint density at radius 2 is 2.10 bits per heavy atom. The van der Waals surface area contributed by atoms with Crippen LogP contribution in [-0.4, -0.2) is 9.55 Å². The second-order valence-electron chi connectivity index (χ2n) is 5.71. The monoisotopic (exact) mass is 297 g/mol. The lowest BCUT2D eigenvalue weighted by Crippen LogP contribution is -2.17. The molecule has 1 aliphatic rings. The predicted octanol–water partition coefficient (Wildman–Crippen LogP) is 3.87. The van der Waals surface area contributed by atoms with Crippen molar-refractivity contribution in [3.8, 4) is 0 Å². The van der Waals surface area contributed by atoms with Crippen molar-refractivity contribution in [1.29, 1.82) is 0 Å². The molecule has 1 aliphatic carbocycles. The number of alkyl halides is 3. The van der Waals surface area contributed by atoms with Crippen LogP contribution in [-0.2, 0) is 12.7 Å². The van der Waals surface area contributed by atoms with Crippen molar-refractivity contribution < 1.29 is 13.2 Å². The second kappa shape index (κ2) is 5.02. The maximum Gasteiger partial charge on any atom is 0.418 e. The second-order valence-corrected chi connectivity index (χ2v) is 5.71. The van der Waals surface area contributed by atoms with Crippen LogP contribution in [0.2, 0.25) is 0 Å². The fourth-order valence-electron chi connectivity index (χ4n) is 2.64. The van der Waals surface area contributed by atoms with E-state index < -0.39 is 11.7 Å².